The van der Waals surface area contributed by atoms with Crippen LogP contribution in [0, 0.1) is 5.41 Å². The Morgan fingerprint density at radius 2 is 2.26 bits per heavy atom. The van der Waals surface area contributed by atoms with E-state index in [4.69, 9.17) is 0 Å². The maximum absolute atomic E-state index is 11.2. The van der Waals surface area contributed by atoms with Gasteiger partial charge in [0.05, 0.1) is 5.41 Å². The highest BCUT2D eigenvalue weighted by Gasteiger charge is 2.27. The van der Waals surface area contributed by atoms with E-state index in [2.05, 4.69) is 23.5 Å². The summed E-state index contributed by atoms with van der Waals surface area (Å²) in [5.41, 5.74) is 1.75. The Kier molecular flexibility index (Phi) is 4.25. The van der Waals surface area contributed by atoms with Crippen molar-refractivity contribution in [3.8, 4) is 0 Å². The van der Waals surface area contributed by atoms with E-state index in [1.807, 2.05) is 6.07 Å². The number of piperidine rings is 1. The predicted molar refractivity (Wildman–Crippen MR) is 76.4 cm³/mol. The van der Waals surface area contributed by atoms with Crippen LogP contribution in [0.4, 0.5) is 0 Å². The van der Waals surface area contributed by atoms with E-state index in [0.29, 0.717) is 12.3 Å². The van der Waals surface area contributed by atoms with Crippen LogP contribution in [0.3, 0.4) is 0 Å². The van der Waals surface area contributed by atoms with Gasteiger partial charge in [0.25, 0.3) is 0 Å². The highest BCUT2D eigenvalue weighted by atomic mass is 16.4. The normalized spacial score (nSPS) is 20.2. The fraction of sp³-hybridized carbons (Fsp3) is 0.562. The zero-order chi connectivity index (χ0) is 13.9. The lowest BCUT2D eigenvalue weighted by Gasteiger charge is -2.24. The number of benzene rings is 1. The number of carbonyl (C=O) groups is 1. The maximum Gasteiger partial charge on any atom is 0.309 e. The second kappa shape index (κ2) is 5.74. The summed E-state index contributed by atoms with van der Waals surface area (Å²) in [6.07, 6.45) is 3.02. The van der Waals surface area contributed by atoms with Crippen molar-refractivity contribution in [2.75, 3.05) is 13.1 Å². The van der Waals surface area contributed by atoms with Gasteiger partial charge >= 0.3 is 5.97 Å². The summed E-state index contributed by atoms with van der Waals surface area (Å²) in [7, 11) is 0. The van der Waals surface area contributed by atoms with Crippen LogP contribution >= 0.6 is 0 Å². The van der Waals surface area contributed by atoms with Gasteiger partial charge in [-0.25, -0.2) is 0 Å². The van der Waals surface area contributed by atoms with Crippen molar-refractivity contribution in [1.29, 1.82) is 0 Å². The lowest BCUT2D eigenvalue weighted by atomic mass is 9.84. The summed E-state index contributed by atoms with van der Waals surface area (Å²) in [5, 5.41) is 12.6. The molecule has 0 amide bonds. The second-order valence-corrected chi connectivity index (χ2v) is 6.15. The van der Waals surface area contributed by atoms with Crippen LogP contribution in [-0.2, 0) is 11.2 Å². The number of hydrogen-bond donors (Lipinski definition) is 2. The van der Waals surface area contributed by atoms with Crippen LogP contribution in [0.2, 0.25) is 0 Å². The predicted octanol–water partition coefficient (Wildman–Crippen LogP) is 2.81. The zero-order valence-electron chi connectivity index (χ0n) is 11.8. The number of carboxylic acid groups (broad SMARTS) is 1. The lowest BCUT2D eigenvalue weighted by Crippen LogP contribution is -2.28. The van der Waals surface area contributed by atoms with Gasteiger partial charge in [-0.15, -0.1) is 0 Å². The molecule has 0 bridgehead atoms. The lowest BCUT2D eigenvalue weighted by molar-refractivity contribution is -0.146. The molecule has 1 fully saturated rings. The minimum absolute atomic E-state index is 0.571. The molecule has 0 aromatic heterocycles. The smallest absolute Gasteiger partial charge is 0.309 e. The Hall–Kier alpha value is -1.35. The first-order valence-corrected chi connectivity index (χ1v) is 7.02. The number of aliphatic carboxylic acids is 1. The van der Waals surface area contributed by atoms with Gasteiger partial charge in [0.2, 0.25) is 0 Å². The minimum Gasteiger partial charge on any atom is -0.481 e. The molecule has 1 atom stereocenters. The van der Waals surface area contributed by atoms with Gasteiger partial charge in [-0.1, -0.05) is 24.3 Å². The number of nitrogens with one attached hydrogen (secondary N) is 1. The molecule has 3 nitrogen and oxygen atoms in total. The summed E-state index contributed by atoms with van der Waals surface area (Å²) in [4.78, 5) is 11.2. The molecular formula is C16H23NO2. The third-order valence-corrected chi connectivity index (χ3v) is 3.94. The molecular weight excluding hydrogens is 238 g/mol. The Bertz CT molecular complexity index is 448. The van der Waals surface area contributed by atoms with Gasteiger partial charge in [0.1, 0.15) is 0 Å². The Balaban J connectivity index is 2.12. The fourth-order valence-electron chi connectivity index (χ4n) is 2.68. The van der Waals surface area contributed by atoms with Crippen LogP contribution in [0.5, 0.6) is 0 Å². The first-order valence-electron chi connectivity index (χ1n) is 7.02. The van der Waals surface area contributed by atoms with E-state index in [9.17, 15) is 9.90 Å². The Morgan fingerprint density at radius 1 is 1.47 bits per heavy atom. The zero-order valence-corrected chi connectivity index (χ0v) is 11.8. The van der Waals surface area contributed by atoms with Gasteiger partial charge < -0.3 is 10.4 Å². The molecule has 0 aliphatic carbocycles. The summed E-state index contributed by atoms with van der Waals surface area (Å²) in [6.45, 7) is 5.71. The summed E-state index contributed by atoms with van der Waals surface area (Å²) < 4.78 is 0. The van der Waals surface area contributed by atoms with Crippen molar-refractivity contribution >= 4 is 5.97 Å². The minimum atomic E-state index is -0.739. The summed E-state index contributed by atoms with van der Waals surface area (Å²) >= 11 is 0. The third-order valence-electron chi connectivity index (χ3n) is 3.94. The molecule has 1 aromatic carbocycles. The molecule has 1 heterocycles. The molecule has 1 aromatic rings. The number of rotatable bonds is 4. The molecule has 2 rings (SSSR count). The van der Waals surface area contributed by atoms with E-state index in [1.54, 1.807) is 13.8 Å². The second-order valence-electron chi connectivity index (χ2n) is 6.15. The molecule has 0 spiro atoms. The largest absolute Gasteiger partial charge is 0.481 e. The quantitative estimate of drug-likeness (QED) is 0.876. The molecule has 19 heavy (non-hydrogen) atoms. The SMILES string of the molecule is CC(C)(Cc1cccc(C2CCCNC2)c1)C(=O)O. The van der Waals surface area contributed by atoms with Crippen molar-refractivity contribution in [3.05, 3.63) is 35.4 Å². The van der Waals surface area contributed by atoms with Crippen molar-refractivity contribution in [2.45, 2.75) is 39.0 Å². The molecule has 1 saturated heterocycles. The van der Waals surface area contributed by atoms with Gasteiger partial charge in [0, 0.05) is 6.54 Å². The van der Waals surface area contributed by atoms with Gasteiger partial charge in [-0.3, -0.25) is 4.79 Å². The monoisotopic (exact) mass is 261 g/mol. The Labute approximate surface area is 115 Å². The summed E-state index contributed by atoms with van der Waals surface area (Å²) in [5.74, 6) is -0.168. The summed E-state index contributed by atoms with van der Waals surface area (Å²) in [6, 6.07) is 8.43. The fourth-order valence-corrected chi connectivity index (χ4v) is 2.68. The number of hydrogen-bond acceptors (Lipinski definition) is 2. The van der Waals surface area contributed by atoms with Gasteiger partial charge in [-0.2, -0.15) is 0 Å². The average Bonchev–Trinajstić information content (AvgIpc) is 2.39. The first kappa shape index (κ1) is 14.1. The molecule has 104 valence electrons. The van der Waals surface area contributed by atoms with Gasteiger partial charge in [0.15, 0.2) is 0 Å². The van der Waals surface area contributed by atoms with Crippen molar-refractivity contribution < 1.29 is 9.90 Å². The van der Waals surface area contributed by atoms with Crippen molar-refractivity contribution in [1.82, 2.24) is 5.32 Å². The highest BCUT2D eigenvalue weighted by Crippen LogP contribution is 2.27. The van der Waals surface area contributed by atoms with E-state index >= 15 is 0 Å². The van der Waals surface area contributed by atoms with Crippen LogP contribution in [0.15, 0.2) is 24.3 Å². The molecule has 3 heteroatoms. The molecule has 2 N–H and O–H groups in total. The standard InChI is InChI=1S/C16H23NO2/c1-16(2,15(18)19)10-12-5-3-6-13(9-12)14-7-4-8-17-11-14/h3,5-6,9,14,17H,4,7-8,10-11H2,1-2H3,(H,18,19). The topological polar surface area (TPSA) is 49.3 Å². The van der Waals surface area contributed by atoms with Crippen LogP contribution in [0.1, 0.15) is 43.7 Å². The van der Waals surface area contributed by atoms with Crippen LogP contribution in [-0.4, -0.2) is 24.2 Å². The van der Waals surface area contributed by atoms with E-state index in [-0.39, 0.29) is 0 Å². The van der Waals surface area contributed by atoms with Crippen LogP contribution in [0.25, 0.3) is 0 Å². The van der Waals surface area contributed by atoms with E-state index in [0.717, 1.165) is 18.7 Å². The van der Waals surface area contributed by atoms with E-state index < -0.39 is 11.4 Å². The Morgan fingerprint density at radius 3 is 2.89 bits per heavy atom. The third kappa shape index (κ3) is 3.57. The molecule has 0 radical (unpaired) electrons. The number of carboxylic acids is 1. The highest BCUT2D eigenvalue weighted by molar-refractivity contribution is 5.74. The first-order chi connectivity index (χ1) is 8.99. The molecule has 1 unspecified atom stereocenters. The molecule has 0 saturated carbocycles. The van der Waals surface area contributed by atoms with Crippen molar-refractivity contribution in [3.63, 3.8) is 0 Å². The maximum atomic E-state index is 11.2. The van der Waals surface area contributed by atoms with Gasteiger partial charge in [-0.05, 0) is 56.7 Å². The van der Waals surface area contributed by atoms with E-state index in [1.165, 1.54) is 18.4 Å². The van der Waals surface area contributed by atoms with Crippen LogP contribution < -0.4 is 5.32 Å². The van der Waals surface area contributed by atoms with Crippen molar-refractivity contribution in [2.24, 2.45) is 5.41 Å². The molecule has 1 aliphatic rings. The molecule has 1 aliphatic heterocycles. The average molecular weight is 261 g/mol.